The molecule has 0 radical (unpaired) electrons. The summed E-state index contributed by atoms with van der Waals surface area (Å²) >= 11 is 0. The summed E-state index contributed by atoms with van der Waals surface area (Å²) in [5.74, 6) is 0.808. The summed E-state index contributed by atoms with van der Waals surface area (Å²) in [6, 6.07) is 0.462. The van der Waals surface area contributed by atoms with Gasteiger partial charge in [0.1, 0.15) is 0 Å². The summed E-state index contributed by atoms with van der Waals surface area (Å²) in [5.41, 5.74) is 5.60. The minimum Gasteiger partial charge on any atom is -0.379 e. The number of hydrogen-bond acceptors (Lipinski definition) is 2. The van der Waals surface area contributed by atoms with Crippen LogP contribution < -0.4 is 5.73 Å². The summed E-state index contributed by atoms with van der Waals surface area (Å²) in [4.78, 5) is 2.02. The third-order valence-electron chi connectivity index (χ3n) is 3.39. The van der Waals surface area contributed by atoms with E-state index in [0.717, 1.165) is 13.2 Å². The summed E-state index contributed by atoms with van der Waals surface area (Å²) in [7, 11) is 0. The molecule has 2 rings (SSSR count). The molecule has 14 heavy (non-hydrogen) atoms. The second kappa shape index (κ2) is 4.17. The third-order valence-corrected chi connectivity index (χ3v) is 3.39. The van der Waals surface area contributed by atoms with Crippen molar-refractivity contribution in [3.63, 3.8) is 0 Å². The Hall–Kier alpha value is -0.770. The number of guanidine groups is 1. The van der Waals surface area contributed by atoms with Crippen molar-refractivity contribution in [1.82, 2.24) is 4.90 Å². The van der Waals surface area contributed by atoms with Crippen LogP contribution in [-0.2, 0) is 4.74 Å². The molecule has 2 atom stereocenters. The van der Waals surface area contributed by atoms with E-state index in [2.05, 4.69) is 0 Å². The standard InChI is InChI=1S/C10H19N3O/c11-10(12)13-5-6-14-7-8-3-1-2-4-9(8)13/h8-9H,1-7H2,(H3,11,12)/t8-,9+/m0/s1. The lowest BCUT2D eigenvalue weighted by Crippen LogP contribution is -2.48. The maximum Gasteiger partial charge on any atom is 0.188 e. The zero-order chi connectivity index (χ0) is 9.97. The maximum atomic E-state index is 7.56. The molecule has 0 bridgehead atoms. The van der Waals surface area contributed by atoms with Gasteiger partial charge in [-0.15, -0.1) is 0 Å². The Morgan fingerprint density at radius 1 is 1.36 bits per heavy atom. The molecule has 0 amide bonds. The Balaban J connectivity index is 2.10. The molecule has 0 aromatic carbocycles. The summed E-state index contributed by atoms with van der Waals surface area (Å²) in [6.07, 6.45) is 4.98. The van der Waals surface area contributed by atoms with Gasteiger partial charge in [0.05, 0.1) is 13.2 Å². The molecule has 80 valence electrons. The molecule has 0 unspecified atom stereocenters. The van der Waals surface area contributed by atoms with Crippen LogP contribution in [0.15, 0.2) is 0 Å². The van der Waals surface area contributed by atoms with E-state index in [4.69, 9.17) is 15.9 Å². The van der Waals surface area contributed by atoms with Gasteiger partial charge in [-0.1, -0.05) is 12.8 Å². The van der Waals surface area contributed by atoms with Gasteiger partial charge in [0.2, 0.25) is 0 Å². The molecule has 0 aromatic heterocycles. The summed E-state index contributed by atoms with van der Waals surface area (Å²) in [6.45, 7) is 2.36. The van der Waals surface area contributed by atoms with Crippen LogP contribution in [0.2, 0.25) is 0 Å². The maximum absolute atomic E-state index is 7.56. The fourth-order valence-electron chi connectivity index (χ4n) is 2.66. The van der Waals surface area contributed by atoms with Crippen LogP contribution in [0.3, 0.4) is 0 Å². The molecule has 0 aromatic rings. The van der Waals surface area contributed by atoms with Gasteiger partial charge in [-0.3, -0.25) is 5.41 Å². The molecular formula is C10H19N3O. The average molecular weight is 197 g/mol. The molecule has 3 N–H and O–H groups in total. The zero-order valence-corrected chi connectivity index (χ0v) is 8.54. The Morgan fingerprint density at radius 3 is 2.93 bits per heavy atom. The molecule has 4 heteroatoms. The number of nitrogens with two attached hydrogens (primary N) is 1. The Labute approximate surface area is 84.9 Å². The first-order chi connectivity index (χ1) is 6.79. The highest BCUT2D eigenvalue weighted by atomic mass is 16.5. The predicted molar refractivity (Wildman–Crippen MR) is 55.2 cm³/mol. The van der Waals surface area contributed by atoms with Crippen LogP contribution in [0.5, 0.6) is 0 Å². The molecule has 1 heterocycles. The molecule has 1 saturated carbocycles. The lowest BCUT2D eigenvalue weighted by atomic mass is 9.84. The van der Waals surface area contributed by atoms with E-state index in [1.807, 2.05) is 4.90 Å². The van der Waals surface area contributed by atoms with Crippen molar-refractivity contribution in [3.8, 4) is 0 Å². The lowest BCUT2D eigenvalue weighted by molar-refractivity contribution is 0.101. The third kappa shape index (κ3) is 1.85. The van der Waals surface area contributed by atoms with E-state index in [1.54, 1.807) is 0 Å². The van der Waals surface area contributed by atoms with Crippen LogP contribution in [0.25, 0.3) is 0 Å². The molecule has 1 aliphatic heterocycles. The van der Waals surface area contributed by atoms with Gasteiger partial charge < -0.3 is 15.4 Å². The van der Waals surface area contributed by atoms with Crippen molar-refractivity contribution in [2.75, 3.05) is 19.8 Å². The summed E-state index contributed by atoms with van der Waals surface area (Å²) in [5, 5.41) is 7.56. The van der Waals surface area contributed by atoms with E-state index < -0.39 is 0 Å². The van der Waals surface area contributed by atoms with Gasteiger partial charge in [-0.05, 0) is 12.8 Å². The number of hydrogen-bond donors (Lipinski definition) is 2. The number of nitrogens with one attached hydrogen (secondary N) is 1. The van der Waals surface area contributed by atoms with Gasteiger partial charge in [-0.2, -0.15) is 0 Å². The van der Waals surface area contributed by atoms with Crippen molar-refractivity contribution in [1.29, 1.82) is 5.41 Å². The number of fused-ring (bicyclic) bond motifs is 1. The fraction of sp³-hybridized carbons (Fsp3) is 0.900. The largest absolute Gasteiger partial charge is 0.379 e. The molecule has 0 spiro atoms. The smallest absolute Gasteiger partial charge is 0.188 e. The molecule has 2 aliphatic rings. The van der Waals surface area contributed by atoms with E-state index >= 15 is 0 Å². The van der Waals surface area contributed by atoms with E-state index in [-0.39, 0.29) is 5.96 Å². The first-order valence-corrected chi connectivity index (χ1v) is 5.47. The van der Waals surface area contributed by atoms with E-state index in [0.29, 0.717) is 18.6 Å². The van der Waals surface area contributed by atoms with Crippen molar-refractivity contribution in [3.05, 3.63) is 0 Å². The van der Waals surface area contributed by atoms with E-state index in [1.165, 1.54) is 25.7 Å². The highest BCUT2D eigenvalue weighted by molar-refractivity contribution is 5.75. The lowest BCUT2D eigenvalue weighted by Gasteiger charge is -2.37. The first kappa shape index (κ1) is 9.77. The zero-order valence-electron chi connectivity index (χ0n) is 8.54. The van der Waals surface area contributed by atoms with Crippen LogP contribution in [0, 0.1) is 11.3 Å². The minimum absolute atomic E-state index is 0.215. The quantitative estimate of drug-likeness (QED) is 0.445. The minimum atomic E-state index is 0.215. The average Bonchev–Trinajstić information content (AvgIpc) is 2.39. The topological polar surface area (TPSA) is 62.3 Å². The Morgan fingerprint density at radius 2 is 2.14 bits per heavy atom. The SMILES string of the molecule is N=C(N)N1CCOC[C@@H]2CCCC[C@H]21. The molecule has 1 aliphatic carbocycles. The van der Waals surface area contributed by atoms with Crippen molar-refractivity contribution in [2.24, 2.45) is 11.7 Å². The normalized spacial score (nSPS) is 33.3. The van der Waals surface area contributed by atoms with Crippen molar-refractivity contribution < 1.29 is 4.74 Å². The van der Waals surface area contributed by atoms with Crippen molar-refractivity contribution >= 4 is 5.96 Å². The monoisotopic (exact) mass is 197 g/mol. The van der Waals surface area contributed by atoms with Gasteiger partial charge in [0, 0.05) is 18.5 Å². The molecular weight excluding hydrogens is 178 g/mol. The number of nitrogens with zero attached hydrogens (tertiary/aromatic N) is 1. The van der Waals surface area contributed by atoms with Gasteiger partial charge in [0.15, 0.2) is 5.96 Å². The first-order valence-electron chi connectivity index (χ1n) is 5.47. The van der Waals surface area contributed by atoms with E-state index in [9.17, 15) is 0 Å². The van der Waals surface area contributed by atoms with Crippen molar-refractivity contribution in [2.45, 2.75) is 31.7 Å². The predicted octanol–water partition coefficient (Wildman–Crippen LogP) is 0.771. The fourth-order valence-corrected chi connectivity index (χ4v) is 2.66. The second-order valence-electron chi connectivity index (χ2n) is 4.27. The molecule has 4 nitrogen and oxygen atoms in total. The Kier molecular flexibility index (Phi) is 2.91. The van der Waals surface area contributed by atoms with Gasteiger partial charge in [-0.25, -0.2) is 0 Å². The van der Waals surface area contributed by atoms with Gasteiger partial charge in [0.25, 0.3) is 0 Å². The van der Waals surface area contributed by atoms with Gasteiger partial charge >= 0.3 is 0 Å². The molecule has 2 fully saturated rings. The number of rotatable bonds is 0. The van der Waals surface area contributed by atoms with Crippen LogP contribution in [0.1, 0.15) is 25.7 Å². The second-order valence-corrected chi connectivity index (χ2v) is 4.27. The molecule has 1 saturated heterocycles. The van der Waals surface area contributed by atoms with Crippen LogP contribution in [0.4, 0.5) is 0 Å². The Bertz CT molecular complexity index is 219. The van der Waals surface area contributed by atoms with Crippen LogP contribution >= 0.6 is 0 Å². The highest BCUT2D eigenvalue weighted by Gasteiger charge is 2.32. The number of ether oxygens (including phenoxy) is 1. The van der Waals surface area contributed by atoms with Crippen LogP contribution in [-0.4, -0.2) is 36.7 Å². The highest BCUT2D eigenvalue weighted by Crippen LogP contribution is 2.29. The summed E-state index contributed by atoms with van der Waals surface area (Å²) < 4.78 is 5.55.